The molecule has 0 aliphatic heterocycles. The zero-order chi connectivity index (χ0) is 18.4. The SMILES string of the molecule is CCC(CNC(=O)c1c(C)coc1CC(=O)O)Oc1cccc(C)c1. The predicted octanol–water partition coefficient (Wildman–Crippen LogP) is 3.11. The third-order valence-corrected chi connectivity index (χ3v) is 3.83. The van der Waals surface area contributed by atoms with Crippen LogP contribution < -0.4 is 10.1 Å². The maximum Gasteiger partial charge on any atom is 0.311 e. The highest BCUT2D eigenvalue weighted by Crippen LogP contribution is 2.18. The van der Waals surface area contributed by atoms with E-state index in [2.05, 4.69) is 5.32 Å². The summed E-state index contributed by atoms with van der Waals surface area (Å²) in [5.41, 5.74) is 2.00. The lowest BCUT2D eigenvalue weighted by atomic mass is 10.1. The number of aryl methyl sites for hydroxylation is 2. The molecule has 1 unspecified atom stereocenters. The van der Waals surface area contributed by atoms with E-state index in [4.69, 9.17) is 14.3 Å². The molecular weight excluding hydrogens is 322 g/mol. The molecule has 0 saturated carbocycles. The molecule has 0 saturated heterocycles. The Morgan fingerprint density at radius 2 is 2.08 bits per heavy atom. The summed E-state index contributed by atoms with van der Waals surface area (Å²) in [6, 6.07) is 7.72. The molecule has 0 aliphatic rings. The third kappa shape index (κ3) is 5.11. The molecule has 134 valence electrons. The van der Waals surface area contributed by atoms with Crippen molar-refractivity contribution in [2.24, 2.45) is 0 Å². The molecule has 1 atom stereocenters. The van der Waals surface area contributed by atoms with Gasteiger partial charge in [0.2, 0.25) is 0 Å². The van der Waals surface area contributed by atoms with Crippen LogP contribution in [0.3, 0.4) is 0 Å². The number of nitrogens with one attached hydrogen (secondary N) is 1. The van der Waals surface area contributed by atoms with Gasteiger partial charge in [0, 0.05) is 5.56 Å². The molecule has 6 nitrogen and oxygen atoms in total. The first-order valence-electron chi connectivity index (χ1n) is 8.21. The Kier molecular flexibility index (Phi) is 6.22. The molecule has 1 heterocycles. The first-order valence-corrected chi connectivity index (χ1v) is 8.21. The molecule has 0 radical (unpaired) electrons. The first kappa shape index (κ1) is 18.6. The number of benzene rings is 1. The highest BCUT2D eigenvalue weighted by atomic mass is 16.5. The van der Waals surface area contributed by atoms with E-state index in [1.165, 1.54) is 6.26 Å². The quantitative estimate of drug-likeness (QED) is 0.767. The number of carbonyl (C=O) groups excluding carboxylic acids is 1. The Morgan fingerprint density at radius 3 is 2.72 bits per heavy atom. The van der Waals surface area contributed by atoms with E-state index in [9.17, 15) is 9.59 Å². The van der Waals surface area contributed by atoms with Crippen molar-refractivity contribution in [3.8, 4) is 5.75 Å². The van der Waals surface area contributed by atoms with Crippen molar-refractivity contribution in [1.82, 2.24) is 5.32 Å². The Balaban J connectivity index is 2.00. The third-order valence-electron chi connectivity index (χ3n) is 3.83. The summed E-state index contributed by atoms with van der Waals surface area (Å²) in [5.74, 6) is -0.478. The Labute approximate surface area is 146 Å². The van der Waals surface area contributed by atoms with Crippen LogP contribution in [0, 0.1) is 13.8 Å². The summed E-state index contributed by atoms with van der Waals surface area (Å²) in [6.45, 7) is 6.00. The van der Waals surface area contributed by atoms with Crippen LogP contribution in [0.2, 0.25) is 0 Å². The molecule has 1 amide bonds. The smallest absolute Gasteiger partial charge is 0.311 e. The minimum Gasteiger partial charge on any atom is -0.489 e. The lowest BCUT2D eigenvalue weighted by molar-refractivity contribution is -0.136. The van der Waals surface area contributed by atoms with Crippen LogP contribution in [0.25, 0.3) is 0 Å². The average molecular weight is 345 g/mol. The Hall–Kier alpha value is -2.76. The van der Waals surface area contributed by atoms with Crippen molar-refractivity contribution in [1.29, 1.82) is 0 Å². The number of aliphatic carboxylic acids is 1. The van der Waals surface area contributed by atoms with Crippen LogP contribution in [0.5, 0.6) is 5.75 Å². The van der Waals surface area contributed by atoms with Crippen LogP contribution in [0.1, 0.15) is 40.6 Å². The summed E-state index contributed by atoms with van der Waals surface area (Å²) in [5, 5.41) is 11.7. The molecule has 6 heteroatoms. The van der Waals surface area contributed by atoms with Crippen molar-refractivity contribution in [3.63, 3.8) is 0 Å². The Bertz CT molecular complexity index is 750. The van der Waals surface area contributed by atoms with Crippen LogP contribution in [-0.4, -0.2) is 29.6 Å². The molecule has 2 aromatic rings. The fourth-order valence-corrected chi connectivity index (χ4v) is 2.52. The van der Waals surface area contributed by atoms with Gasteiger partial charge in [0.25, 0.3) is 5.91 Å². The molecule has 0 fully saturated rings. The highest BCUT2D eigenvalue weighted by Gasteiger charge is 2.21. The van der Waals surface area contributed by atoms with E-state index in [1.807, 2.05) is 38.1 Å². The van der Waals surface area contributed by atoms with Gasteiger partial charge in [-0.15, -0.1) is 0 Å². The minimum atomic E-state index is -1.04. The van der Waals surface area contributed by atoms with E-state index < -0.39 is 5.97 Å². The van der Waals surface area contributed by atoms with Crippen molar-refractivity contribution in [2.75, 3.05) is 6.54 Å². The molecule has 2 N–H and O–H groups in total. The monoisotopic (exact) mass is 345 g/mol. The molecule has 0 aliphatic carbocycles. The van der Waals surface area contributed by atoms with Gasteiger partial charge in [-0.2, -0.15) is 0 Å². The highest BCUT2D eigenvalue weighted by molar-refractivity contribution is 5.97. The number of furan rings is 1. The van der Waals surface area contributed by atoms with Crippen LogP contribution in [0.15, 0.2) is 34.9 Å². The molecule has 25 heavy (non-hydrogen) atoms. The van der Waals surface area contributed by atoms with Gasteiger partial charge in [-0.25, -0.2) is 0 Å². The second-order valence-electron chi connectivity index (χ2n) is 5.96. The molecule has 2 rings (SSSR count). The fraction of sp³-hybridized carbons (Fsp3) is 0.368. The van der Waals surface area contributed by atoms with Crippen LogP contribution in [-0.2, 0) is 11.2 Å². The number of ether oxygens (including phenoxy) is 1. The van der Waals surface area contributed by atoms with E-state index in [1.54, 1.807) is 6.92 Å². The second-order valence-corrected chi connectivity index (χ2v) is 5.96. The number of hydrogen-bond donors (Lipinski definition) is 2. The number of amides is 1. The first-order chi connectivity index (χ1) is 11.9. The number of carboxylic acids is 1. The van der Waals surface area contributed by atoms with Gasteiger partial charge in [0.15, 0.2) is 0 Å². The summed E-state index contributed by atoms with van der Waals surface area (Å²) in [4.78, 5) is 23.3. The molecule has 0 spiro atoms. The molecule has 0 bridgehead atoms. The van der Waals surface area contributed by atoms with E-state index in [0.29, 0.717) is 12.1 Å². The average Bonchev–Trinajstić information content (AvgIpc) is 2.91. The van der Waals surface area contributed by atoms with Crippen LogP contribution in [0.4, 0.5) is 0 Å². The summed E-state index contributed by atoms with van der Waals surface area (Å²) in [7, 11) is 0. The Morgan fingerprint density at radius 1 is 1.32 bits per heavy atom. The van der Waals surface area contributed by atoms with E-state index in [-0.39, 0.29) is 29.8 Å². The predicted molar refractivity (Wildman–Crippen MR) is 93.0 cm³/mol. The minimum absolute atomic E-state index is 0.162. The van der Waals surface area contributed by atoms with Gasteiger partial charge in [-0.1, -0.05) is 19.1 Å². The molecule has 1 aromatic heterocycles. The van der Waals surface area contributed by atoms with Crippen molar-refractivity contribution >= 4 is 11.9 Å². The van der Waals surface area contributed by atoms with Crippen molar-refractivity contribution in [3.05, 3.63) is 53.0 Å². The zero-order valence-corrected chi connectivity index (χ0v) is 14.7. The zero-order valence-electron chi connectivity index (χ0n) is 14.7. The fourth-order valence-electron chi connectivity index (χ4n) is 2.52. The van der Waals surface area contributed by atoms with Gasteiger partial charge in [-0.3, -0.25) is 9.59 Å². The van der Waals surface area contributed by atoms with Crippen LogP contribution >= 0.6 is 0 Å². The maximum absolute atomic E-state index is 12.4. The second kappa shape index (κ2) is 8.37. The lowest BCUT2D eigenvalue weighted by Gasteiger charge is -2.18. The summed E-state index contributed by atoms with van der Waals surface area (Å²) < 4.78 is 11.1. The summed E-state index contributed by atoms with van der Waals surface area (Å²) in [6.07, 6.45) is 1.61. The van der Waals surface area contributed by atoms with E-state index in [0.717, 1.165) is 17.7 Å². The number of carbonyl (C=O) groups is 2. The van der Waals surface area contributed by atoms with Crippen molar-refractivity contribution in [2.45, 2.75) is 39.7 Å². The van der Waals surface area contributed by atoms with Gasteiger partial charge >= 0.3 is 5.97 Å². The molecular formula is C19H23NO5. The topological polar surface area (TPSA) is 88.8 Å². The number of carboxylic acid groups (broad SMARTS) is 1. The van der Waals surface area contributed by atoms with Gasteiger partial charge in [0.1, 0.15) is 24.0 Å². The standard InChI is InChI=1S/C19H23NO5/c1-4-14(25-15-7-5-6-12(2)8-15)10-20-19(23)18-13(3)11-24-16(18)9-17(21)22/h5-8,11,14H,4,9-10H2,1-3H3,(H,20,23)(H,21,22). The number of rotatable bonds is 8. The van der Waals surface area contributed by atoms with Crippen molar-refractivity contribution < 1.29 is 23.8 Å². The maximum atomic E-state index is 12.4. The van der Waals surface area contributed by atoms with E-state index >= 15 is 0 Å². The summed E-state index contributed by atoms with van der Waals surface area (Å²) >= 11 is 0. The van der Waals surface area contributed by atoms with Gasteiger partial charge < -0.3 is 19.6 Å². The van der Waals surface area contributed by atoms with Gasteiger partial charge in [-0.05, 0) is 38.0 Å². The number of hydrogen-bond acceptors (Lipinski definition) is 4. The largest absolute Gasteiger partial charge is 0.489 e. The van der Waals surface area contributed by atoms with Gasteiger partial charge in [0.05, 0.1) is 18.4 Å². The molecule has 1 aromatic carbocycles. The normalized spacial score (nSPS) is 11.8. The lowest BCUT2D eigenvalue weighted by Crippen LogP contribution is -2.35.